The number of nitrogens with one attached hydrogen (secondary N) is 1. The van der Waals surface area contributed by atoms with Gasteiger partial charge in [-0.25, -0.2) is 4.98 Å². The van der Waals surface area contributed by atoms with Crippen LogP contribution in [-0.2, 0) is 11.2 Å². The molecular weight excluding hydrogens is 196 g/mol. The van der Waals surface area contributed by atoms with E-state index in [4.69, 9.17) is 0 Å². The number of hydrogen-bond acceptors (Lipinski definition) is 3. The first-order chi connectivity index (χ1) is 6.76. The predicted octanol–water partition coefficient (Wildman–Crippen LogP) is 2.83. The summed E-state index contributed by atoms with van der Waals surface area (Å²) in [6, 6.07) is 0. The Bertz CT molecular complexity index is 296. The van der Waals surface area contributed by atoms with E-state index < -0.39 is 0 Å². The normalized spacial score (nSPS) is 10.1. The van der Waals surface area contributed by atoms with Gasteiger partial charge in [0.05, 0.1) is 0 Å². The summed E-state index contributed by atoms with van der Waals surface area (Å²) in [6.07, 6.45) is 5.38. The third kappa shape index (κ3) is 3.46. The Morgan fingerprint density at radius 3 is 2.93 bits per heavy atom. The van der Waals surface area contributed by atoms with Gasteiger partial charge in [-0.1, -0.05) is 20.3 Å². The molecule has 0 saturated heterocycles. The summed E-state index contributed by atoms with van der Waals surface area (Å²) in [5.41, 5.74) is 0. The Balaban J connectivity index is 2.39. The van der Waals surface area contributed by atoms with Crippen molar-refractivity contribution in [1.82, 2.24) is 4.98 Å². The quantitative estimate of drug-likeness (QED) is 0.815. The highest BCUT2D eigenvalue weighted by molar-refractivity contribution is 7.15. The third-order valence-corrected chi connectivity index (χ3v) is 2.96. The molecule has 1 N–H and O–H groups in total. The highest BCUT2D eigenvalue weighted by Crippen LogP contribution is 2.18. The van der Waals surface area contributed by atoms with Crippen LogP contribution in [0.15, 0.2) is 6.20 Å². The first-order valence-electron chi connectivity index (χ1n) is 5.00. The Hall–Kier alpha value is -0.900. The van der Waals surface area contributed by atoms with E-state index in [1.165, 1.54) is 4.88 Å². The van der Waals surface area contributed by atoms with Crippen LogP contribution in [0.25, 0.3) is 0 Å². The fourth-order valence-electron chi connectivity index (χ4n) is 1.05. The SMILES string of the molecule is CCCCC(=O)Nc1ncc(CC)s1. The maximum absolute atomic E-state index is 11.3. The number of anilines is 1. The number of aryl methyl sites for hydroxylation is 1. The molecule has 4 heteroatoms. The number of carbonyl (C=O) groups excluding carboxylic acids is 1. The van der Waals surface area contributed by atoms with Crippen molar-refractivity contribution in [3.8, 4) is 0 Å². The van der Waals surface area contributed by atoms with Crippen molar-refractivity contribution in [3.63, 3.8) is 0 Å². The standard InChI is InChI=1S/C10H16N2OS/c1-3-5-6-9(13)12-10-11-7-8(4-2)14-10/h7H,3-6H2,1-2H3,(H,11,12,13). The van der Waals surface area contributed by atoms with Crippen molar-refractivity contribution < 1.29 is 4.79 Å². The van der Waals surface area contributed by atoms with Gasteiger partial charge < -0.3 is 5.32 Å². The van der Waals surface area contributed by atoms with Gasteiger partial charge in [0.25, 0.3) is 0 Å². The van der Waals surface area contributed by atoms with Crippen LogP contribution in [0.4, 0.5) is 5.13 Å². The van der Waals surface area contributed by atoms with Gasteiger partial charge in [-0.3, -0.25) is 4.79 Å². The van der Waals surface area contributed by atoms with Crippen LogP contribution in [0.2, 0.25) is 0 Å². The Morgan fingerprint density at radius 2 is 2.36 bits per heavy atom. The summed E-state index contributed by atoms with van der Waals surface area (Å²) in [5, 5.41) is 3.52. The average Bonchev–Trinajstić information content (AvgIpc) is 2.62. The molecule has 0 aliphatic rings. The highest BCUT2D eigenvalue weighted by atomic mass is 32.1. The molecule has 0 radical (unpaired) electrons. The van der Waals surface area contributed by atoms with Crippen LogP contribution in [0.3, 0.4) is 0 Å². The van der Waals surface area contributed by atoms with Gasteiger partial charge >= 0.3 is 0 Å². The van der Waals surface area contributed by atoms with Gasteiger partial charge in [-0.2, -0.15) is 0 Å². The largest absolute Gasteiger partial charge is 0.302 e. The molecule has 0 aliphatic heterocycles. The molecule has 14 heavy (non-hydrogen) atoms. The molecule has 0 bridgehead atoms. The van der Waals surface area contributed by atoms with E-state index in [0.29, 0.717) is 6.42 Å². The number of rotatable bonds is 5. The van der Waals surface area contributed by atoms with Crippen molar-refractivity contribution in [2.45, 2.75) is 39.5 Å². The van der Waals surface area contributed by atoms with E-state index in [9.17, 15) is 4.79 Å². The van der Waals surface area contributed by atoms with Crippen molar-refractivity contribution in [1.29, 1.82) is 0 Å². The van der Waals surface area contributed by atoms with Crippen LogP contribution in [-0.4, -0.2) is 10.9 Å². The topological polar surface area (TPSA) is 42.0 Å². The van der Waals surface area contributed by atoms with Crippen LogP contribution >= 0.6 is 11.3 Å². The van der Waals surface area contributed by atoms with E-state index in [0.717, 1.165) is 24.4 Å². The minimum atomic E-state index is 0.0730. The molecule has 0 atom stereocenters. The minimum absolute atomic E-state index is 0.0730. The second-order valence-corrected chi connectivity index (χ2v) is 4.25. The van der Waals surface area contributed by atoms with Gasteiger partial charge in [0, 0.05) is 17.5 Å². The zero-order valence-electron chi connectivity index (χ0n) is 8.67. The van der Waals surface area contributed by atoms with Gasteiger partial charge in [-0.05, 0) is 12.8 Å². The van der Waals surface area contributed by atoms with Gasteiger partial charge in [0.2, 0.25) is 5.91 Å². The first-order valence-corrected chi connectivity index (χ1v) is 5.82. The predicted molar refractivity (Wildman–Crippen MR) is 59.6 cm³/mol. The number of carbonyl (C=O) groups is 1. The number of unbranched alkanes of at least 4 members (excludes halogenated alkanes) is 1. The lowest BCUT2D eigenvalue weighted by Gasteiger charge is -1.99. The molecule has 1 aromatic rings. The summed E-state index contributed by atoms with van der Waals surface area (Å²) in [7, 11) is 0. The van der Waals surface area contributed by atoms with Gasteiger partial charge in [0.15, 0.2) is 5.13 Å². The molecule has 0 unspecified atom stereocenters. The van der Waals surface area contributed by atoms with E-state index in [2.05, 4.69) is 24.1 Å². The first kappa shape index (κ1) is 11.2. The van der Waals surface area contributed by atoms with Crippen LogP contribution in [0.5, 0.6) is 0 Å². The maximum Gasteiger partial charge on any atom is 0.226 e. The fourth-order valence-corrected chi connectivity index (χ4v) is 1.82. The van der Waals surface area contributed by atoms with E-state index in [1.807, 2.05) is 6.20 Å². The lowest BCUT2D eigenvalue weighted by atomic mass is 10.2. The lowest BCUT2D eigenvalue weighted by molar-refractivity contribution is -0.116. The number of thiazole rings is 1. The van der Waals surface area contributed by atoms with E-state index in [-0.39, 0.29) is 5.91 Å². The zero-order valence-corrected chi connectivity index (χ0v) is 9.49. The maximum atomic E-state index is 11.3. The number of aromatic nitrogens is 1. The molecule has 1 heterocycles. The number of amides is 1. The van der Waals surface area contributed by atoms with E-state index in [1.54, 1.807) is 11.3 Å². The van der Waals surface area contributed by atoms with Gasteiger partial charge in [0.1, 0.15) is 0 Å². The molecule has 0 spiro atoms. The molecule has 1 amide bonds. The summed E-state index contributed by atoms with van der Waals surface area (Å²) in [5.74, 6) is 0.0730. The Morgan fingerprint density at radius 1 is 1.57 bits per heavy atom. The molecule has 78 valence electrons. The van der Waals surface area contributed by atoms with Crippen molar-refractivity contribution in [2.24, 2.45) is 0 Å². The minimum Gasteiger partial charge on any atom is -0.302 e. The number of nitrogens with zero attached hydrogens (tertiary/aromatic N) is 1. The van der Waals surface area contributed by atoms with Crippen LogP contribution in [0.1, 0.15) is 38.0 Å². The van der Waals surface area contributed by atoms with Crippen molar-refractivity contribution in [2.75, 3.05) is 5.32 Å². The summed E-state index contributed by atoms with van der Waals surface area (Å²) < 4.78 is 0. The second-order valence-electron chi connectivity index (χ2n) is 3.14. The zero-order chi connectivity index (χ0) is 10.4. The fraction of sp³-hybridized carbons (Fsp3) is 0.600. The van der Waals surface area contributed by atoms with Crippen LogP contribution < -0.4 is 5.32 Å². The third-order valence-electron chi connectivity index (χ3n) is 1.91. The lowest BCUT2D eigenvalue weighted by Crippen LogP contribution is -2.10. The number of hydrogen-bond donors (Lipinski definition) is 1. The molecule has 0 fully saturated rings. The summed E-state index contributed by atoms with van der Waals surface area (Å²) >= 11 is 1.55. The molecule has 3 nitrogen and oxygen atoms in total. The summed E-state index contributed by atoms with van der Waals surface area (Å²) in [6.45, 7) is 4.15. The molecule has 1 rings (SSSR count). The van der Waals surface area contributed by atoms with Crippen LogP contribution in [0, 0.1) is 0 Å². The molecule has 0 saturated carbocycles. The van der Waals surface area contributed by atoms with E-state index >= 15 is 0 Å². The van der Waals surface area contributed by atoms with Crippen molar-refractivity contribution >= 4 is 22.4 Å². The molecular formula is C10H16N2OS. The highest BCUT2D eigenvalue weighted by Gasteiger charge is 2.04. The molecule has 0 aromatic carbocycles. The monoisotopic (exact) mass is 212 g/mol. The molecule has 0 aliphatic carbocycles. The Kier molecular flexibility index (Phi) is 4.59. The van der Waals surface area contributed by atoms with Gasteiger partial charge in [-0.15, -0.1) is 11.3 Å². The summed E-state index contributed by atoms with van der Waals surface area (Å²) in [4.78, 5) is 16.7. The van der Waals surface area contributed by atoms with Crippen molar-refractivity contribution in [3.05, 3.63) is 11.1 Å². The average molecular weight is 212 g/mol. The second kappa shape index (κ2) is 5.75. The smallest absolute Gasteiger partial charge is 0.226 e. The Labute approximate surface area is 88.6 Å². The molecule has 1 aromatic heterocycles.